The van der Waals surface area contributed by atoms with Gasteiger partial charge in [-0.15, -0.1) is 6.58 Å². The molecule has 0 spiro atoms. The highest BCUT2D eigenvalue weighted by Crippen LogP contribution is 2.08. The van der Waals surface area contributed by atoms with Crippen molar-refractivity contribution in [2.45, 2.75) is 59.5 Å². The predicted molar refractivity (Wildman–Crippen MR) is 130 cm³/mol. The minimum Gasteiger partial charge on any atom is -0.444 e. The number of rotatable bonds is 4. The lowest BCUT2D eigenvalue weighted by molar-refractivity contribution is -0.136. The quantitative estimate of drug-likeness (QED) is 0.634. The molecule has 0 atom stereocenters. The number of amides is 2. The molecule has 0 aliphatic carbocycles. The van der Waals surface area contributed by atoms with Crippen molar-refractivity contribution in [2.24, 2.45) is 0 Å². The molecule has 0 unspecified atom stereocenters. The van der Waals surface area contributed by atoms with Crippen LogP contribution >= 0.6 is 0 Å². The van der Waals surface area contributed by atoms with E-state index in [0.717, 1.165) is 32.5 Å². The molecule has 0 saturated carbocycles. The summed E-state index contributed by atoms with van der Waals surface area (Å²) < 4.78 is 14.1. The third-order valence-corrected chi connectivity index (χ3v) is 3.07. The van der Waals surface area contributed by atoms with E-state index in [0.29, 0.717) is 0 Å². The third kappa shape index (κ3) is 39.1. The predicted octanol–water partition coefficient (Wildman–Crippen LogP) is 3.98. The number of nitrogens with one attached hydrogen (secondary N) is 2. The van der Waals surface area contributed by atoms with Crippen molar-refractivity contribution >= 4 is 12.0 Å². The number of nitrogens with zero attached hydrogens (tertiary/aromatic N) is 1. The first-order valence-corrected chi connectivity index (χ1v) is 10.6. The van der Waals surface area contributed by atoms with E-state index in [9.17, 15) is 9.59 Å². The van der Waals surface area contributed by atoms with E-state index in [1.54, 1.807) is 26.5 Å². The maximum absolute atomic E-state index is 11.2. The van der Waals surface area contributed by atoms with Gasteiger partial charge in [0.15, 0.2) is 0 Å². The summed E-state index contributed by atoms with van der Waals surface area (Å²) in [4.78, 5) is 23.6. The van der Waals surface area contributed by atoms with Crippen LogP contribution in [-0.4, -0.2) is 77.1 Å². The number of hydrogen-bond donors (Lipinski definition) is 2. The van der Waals surface area contributed by atoms with Crippen molar-refractivity contribution in [3.05, 3.63) is 25.4 Å². The average Bonchev–Trinajstić information content (AvgIpc) is 2.74. The highest BCUT2D eigenvalue weighted by Gasteiger charge is 2.15. The van der Waals surface area contributed by atoms with Crippen molar-refractivity contribution in [3.63, 3.8) is 0 Å². The molecule has 0 radical (unpaired) electrons. The fourth-order valence-corrected chi connectivity index (χ4v) is 1.69. The Morgan fingerprint density at radius 3 is 1.68 bits per heavy atom. The number of methoxy groups -OCH3 is 2. The SMILES string of the molecule is C=CC.C=CNC.CCOC.CNC(=O)OC(C)(C)C.COCC(=O)N1CCCCC1. The van der Waals surface area contributed by atoms with E-state index in [2.05, 4.69) is 28.5 Å². The van der Waals surface area contributed by atoms with Crippen LogP contribution < -0.4 is 10.6 Å². The van der Waals surface area contributed by atoms with Crippen molar-refractivity contribution in [1.82, 2.24) is 15.5 Å². The molecule has 1 aliphatic heterocycles. The van der Waals surface area contributed by atoms with E-state index in [1.807, 2.05) is 46.6 Å². The maximum atomic E-state index is 11.2. The molecule has 1 saturated heterocycles. The summed E-state index contributed by atoms with van der Waals surface area (Å²) in [7, 11) is 6.59. The second-order valence-corrected chi connectivity index (χ2v) is 7.10. The van der Waals surface area contributed by atoms with Gasteiger partial charge in [-0.1, -0.05) is 12.7 Å². The molecule has 1 rings (SSSR count). The van der Waals surface area contributed by atoms with Gasteiger partial charge in [-0.05, 0) is 60.1 Å². The zero-order valence-corrected chi connectivity index (χ0v) is 21.5. The zero-order valence-electron chi connectivity index (χ0n) is 21.5. The van der Waals surface area contributed by atoms with Crippen LogP contribution in [-0.2, 0) is 19.0 Å². The molecule has 8 nitrogen and oxygen atoms in total. The molecule has 186 valence electrons. The minimum atomic E-state index is -0.389. The summed E-state index contributed by atoms with van der Waals surface area (Å²) in [6, 6.07) is 0. The van der Waals surface area contributed by atoms with E-state index in [4.69, 9.17) is 9.47 Å². The van der Waals surface area contributed by atoms with Crippen molar-refractivity contribution < 1.29 is 23.8 Å². The largest absolute Gasteiger partial charge is 0.444 e. The first-order valence-electron chi connectivity index (χ1n) is 10.6. The summed E-state index contributed by atoms with van der Waals surface area (Å²) in [5.41, 5.74) is -0.389. The second kappa shape index (κ2) is 27.9. The van der Waals surface area contributed by atoms with Gasteiger partial charge < -0.3 is 29.7 Å². The number of alkyl carbamates (subject to hydrolysis) is 1. The van der Waals surface area contributed by atoms with Gasteiger partial charge in [0.2, 0.25) is 5.91 Å². The lowest BCUT2D eigenvalue weighted by Gasteiger charge is -2.26. The Bertz CT molecular complexity index is 416. The van der Waals surface area contributed by atoms with Crippen LogP contribution in [0.3, 0.4) is 0 Å². The number of ether oxygens (including phenoxy) is 3. The summed E-state index contributed by atoms with van der Waals surface area (Å²) in [5.74, 6) is 0.132. The van der Waals surface area contributed by atoms with Gasteiger partial charge in [-0.25, -0.2) is 4.79 Å². The molecule has 1 fully saturated rings. The van der Waals surface area contributed by atoms with Crippen molar-refractivity contribution in [3.8, 4) is 0 Å². The lowest BCUT2D eigenvalue weighted by atomic mass is 10.1. The Morgan fingerprint density at radius 1 is 1.03 bits per heavy atom. The van der Waals surface area contributed by atoms with Gasteiger partial charge in [0, 0.05) is 48.0 Å². The second-order valence-electron chi connectivity index (χ2n) is 7.10. The van der Waals surface area contributed by atoms with Gasteiger partial charge >= 0.3 is 6.09 Å². The van der Waals surface area contributed by atoms with Gasteiger partial charge in [-0.3, -0.25) is 4.79 Å². The Morgan fingerprint density at radius 2 is 1.45 bits per heavy atom. The molecule has 0 aromatic rings. The number of allylic oxidation sites excluding steroid dienone is 1. The summed E-state index contributed by atoms with van der Waals surface area (Å²) in [6.07, 6.45) is 6.55. The Kier molecular flexibility index (Phi) is 32.7. The molecule has 0 aromatic heterocycles. The fraction of sp³-hybridized carbons (Fsp3) is 0.739. The van der Waals surface area contributed by atoms with Crippen LogP contribution in [0.25, 0.3) is 0 Å². The molecular weight excluding hydrogens is 398 g/mol. The van der Waals surface area contributed by atoms with Crippen LogP contribution in [0.15, 0.2) is 25.4 Å². The minimum absolute atomic E-state index is 0.132. The fourth-order valence-electron chi connectivity index (χ4n) is 1.69. The van der Waals surface area contributed by atoms with E-state index in [1.165, 1.54) is 13.5 Å². The molecule has 0 aromatic carbocycles. The molecule has 2 amide bonds. The molecule has 8 heteroatoms. The number of carbonyl (C=O) groups is 2. The molecule has 31 heavy (non-hydrogen) atoms. The summed E-state index contributed by atoms with van der Waals surface area (Å²) in [5, 5.41) is 5.05. The number of hydrogen-bond acceptors (Lipinski definition) is 6. The first-order chi connectivity index (χ1) is 14.5. The smallest absolute Gasteiger partial charge is 0.407 e. The molecule has 1 heterocycles. The van der Waals surface area contributed by atoms with Gasteiger partial charge in [0.05, 0.1) is 0 Å². The lowest BCUT2D eigenvalue weighted by Crippen LogP contribution is -2.37. The molecule has 0 bridgehead atoms. The molecule has 2 N–H and O–H groups in total. The third-order valence-electron chi connectivity index (χ3n) is 3.07. The maximum Gasteiger partial charge on any atom is 0.407 e. The van der Waals surface area contributed by atoms with Gasteiger partial charge in [-0.2, -0.15) is 0 Å². The number of carbonyl (C=O) groups excluding carboxylic acids is 2. The Balaban J connectivity index is -0.000000163. The number of likely N-dealkylation sites (tertiary alicyclic amines) is 1. The number of piperidine rings is 1. The Hall–Kier alpha value is -2.06. The average molecular weight is 448 g/mol. The van der Waals surface area contributed by atoms with Crippen molar-refractivity contribution in [2.75, 3.05) is 54.6 Å². The topological polar surface area (TPSA) is 89.1 Å². The Labute approximate surface area is 191 Å². The highest BCUT2D eigenvalue weighted by atomic mass is 16.6. The van der Waals surface area contributed by atoms with E-state index >= 15 is 0 Å². The van der Waals surface area contributed by atoms with Gasteiger partial charge in [0.25, 0.3) is 0 Å². The van der Waals surface area contributed by atoms with Crippen LogP contribution in [0.5, 0.6) is 0 Å². The first kappa shape index (κ1) is 36.3. The summed E-state index contributed by atoms with van der Waals surface area (Å²) in [6.45, 7) is 18.9. The van der Waals surface area contributed by atoms with Crippen LogP contribution in [0.1, 0.15) is 53.9 Å². The van der Waals surface area contributed by atoms with Crippen molar-refractivity contribution in [1.29, 1.82) is 0 Å². The zero-order chi connectivity index (χ0) is 25.1. The van der Waals surface area contributed by atoms with Crippen LogP contribution in [0.2, 0.25) is 0 Å². The van der Waals surface area contributed by atoms with Crippen LogP contribution in [0.4, 0.5) is 4.79 Å². The molecular formula is C23H49N3O5. The standard InChI is InChI=1S/C8H15NO2.C6H13NO2.C3H7N.C3H8O.C3H6/c1-11-7-8(10)9-5-3-2-4-6-9;1-6(2,3)9-5(8)7-4;2*1-3-4-2;1-3-2/h2-7H2,1H3;1-4H3,(H,7,8);3-4H,1H2,2H3;3H2,1-2H3;3H,1H2,2H3. The summed E-state index contributed by atoms with van der Waals surface area (Å²) >= 11 is 0. The normalized spacial score (nSPS) is 11.7. The van der Waals surface area contributed by atoms with E-state index < -0.39 is 0 Å². The van der Waals surface area contributed by atoms with E-state index in [-0.39, 0.29) is 24.2 Å². The van der Waals surface area contributed by atoms with Gasteiger partial charge in [0.1, 0.15) is 12.2 Å². The van der Waals surface area contributed by atoms with Crippen LogP contribution in [0, 0.1) is 0 Å². The molecule has 1 aliphatic rings. The monoisotopic (exact) mass is 447 g/mol. The highest BCUT2D eigenvalue weighted by molar-refractivity contribution is 5.77.